The number of aromatic nitrogens is 1. The van der Waals surface area contributed by atoms with Crippen LogP contribution in [0.25, 0.3) is 10.8 Å². The second kappa shape index (κ2) is 5.32. The lowest BCUT2D eigenvalue weighted by Gasteiger charge is -2.19. The van der Waals surface area contributed by atoms with Crippen molar-refractivity contribution in [3.05, 3.63) is 45.7 Å². The number of imide groups is 1. The van der Waals surface area contributed by atoms with Gasteiger partial charge in [-0.15, -0.1) is 0 Å². The molecule has 4 nitrogen and oxygen atoms in total. The van der Waals surface area contributed by atoms with Crippen molar-refractivity contribution in [3.8, 4) is 0 Å². The number of anilines is 1. The fourth-order valence-corrected chi connectivity index (χ4v) is 3.96. The maximum absolute atomic E-state index is 12.8. The summed E-state index contributed by atoms with van der Waals surface area (Å²) in [6.45, 7) is 0. The summed E-state index contributed by atoms with van der Waals surface area (Å²) in [5.74, 6) is -0.515. The lowest BCUT2D eigenvalue weighted by Crippen LogP contribution is -2.32. The van der Waals surface area contributed by atoms with Crippen LogP contribution in [-0.2, 0) is 9.59 Å². The predicted molar refractivity (Wildman–Crippen MR) is 89.8 cm³/mol. The molecule has 116 valence electrons. The SMILES string of the molecule is O=C1C2=C(CCCC2)C(=O)N1c1c(Cl)cc(Cl)c2cnccc12. The van der Waals surface area contributed by atoms with Crippen LogP contribution in [0.5, 0.6) is 0 Å². The molecule has 0 bridgehead atoms. The Morgan fingerprint density at radius 2 is 1.61 bits per heavy atom. The molecule has 1 aromatic carbocycles. The standard InChI is InChI=1S/C17H12Cl2N2O2/c18-13-7-14(19)15(9-5-6-20-8-12(9)13)21-16(22)10-3-1-2-4-11(10)17(21)23/h5-8H,1-4H2. The average molecular weight is 347 g/mol. The van der Waals surface area contributed by atoms with Crippen molar-refractivity contribution in [2.75, 3.05) is 4.90 Å². The second-order valence-corrected chi connectivity index (χ2v) is 6.53. The van der Waals surface area contributed by atoms with E-state index in [1.54, 1.807) is 24.5 Å². The van der Waals surface area contributed by atoms with Crippen molar-refractivity contribution in [1.82, 2.24) is 4.98 Å². The second-order valence-electron chi connectivity index (χ2n) is 5.72. The largest absolute Gasteiger partial charge is 0.269 e. The monoisotopic (exact) mass is 346 g/mol. The molecular formula is C17H12Cl2N2O2. The van der Waals surface area contributed by atoms with Gasteiger partial charge in [-0.25, -0.2) is 4.90 Å². The number of rotatable bonds is 1. The highest BCUT2D eigenvalue weighted by Crippen LogP contribution is 2.43. The highest BCUT2D eigenvalue weighted by atomic mass is 35.5. The number of amides is 2. The number of carbonyl (C=O) groups excluding carboxylic acids is 2. The van der Waals surface area contributed by atoms with Gasteiger partial charge < -0.3 is 0 Å². The van der Waals surface area contributed by atoms with E-state index in [9.17, 15) is 9.59 Å². The van der Waals surface area contributed by atoms with E-state index in [1.807, 2.05) is 0 Å². The van der Waals surface area contributed by atoms with Gasteiger partial charge in [-0.3, -0.25) is 14.6 Å². The van der Waals surface area contributed by atoms with Gasteiger partial charge in [0, 0.05) is 34.3 Å². The molecule has 6 heteroatoms. The van der Waals surface area contributed by atoms with Crippen molar-refractivity contribution < 1.29 is 9.59 Å². The van der Waals surface area contributed by atoms with E-state index in [2.05, 4.69) is 4.98 Å². The van der Waals surface area contributed by atoms with Crippen molar-refractivity contribution in [1.29, 1.82) is 0 Å². The van der Waals surface area contributed by atoms with Gasteiger partial charge in [0.2, 0.25) is 0 Å². The molecule has 2 heterocycles. The lowest BCUT2D eigenvalue weighted by atomic mass is 9.93. The molecule has 0 unspecified atom stereocenters. The first kappa shape index (κ1) is 14.7. The van der Waals surface area contributed by atoms with Gasteiger partial charge >= 0.3 is 0 Å². The molecule has 0 saturated carbocycles. The Morgan fingerprint density at radius 1 is 0.957 bits per heavy atom. The minimum absolute atomic E-state index is 0.257. The summed E-state index contributed by atoms with van der Waals surface area (Å²) < 4.78 is 0. The Bertz CT molecular complexity index is 877. The predicted octanol–water partition coefficient (Wildman–Crippen LogP) is 4.29. The van der Waals surface area contributed by atoms with Crippen LogP contribution < -0.4 is 4.90 Å². The van der Waals surface area contributed by atoms with Gasteiger partial charge in [0.05, 0.1) is 15.7 Å². The molecule has 0 radical (unpaired) electrons. The Labute approximate surface area is 142 Å². The molecule has 23 heavy (non-hydrogen) atoms. The fraction of sp³-hybridized carbons (Fsp3) is 0.235. The van der Waals surface area contributed by atoms with Crippen molar-refractivity contribution in [3.63, 3.8) is 0 Å². The Balaban J connectivity index is 1.94. The highest BCUT2D eigenvalue weighted by Gasteiger charge is 2.41. The van der Waals surface area contributed by atoms with E-state index < -0.39 is 0 Å². The Kier molecular flexibility index (Phi) is 3.39. The van der Waals surface area contributed by atoms with Crippen LogP contribution in [0.15, 0.2) is 35.7 Å². The topological polar surface area (TPSA) is 50.3 Å². The molecule has 1 aliphatic heterocycles. The molecule has 0 N–H and O–H groups in total. The van der Waals surface area contributed by atoms with Crippen LogP contribution in [0, 0.1) is 0 Å². The molecule has 1 aliphatic carbocycles. The van der Waals surface area contributed by atoms with E-state index in [0.29, 0.717) is 45.5 Å². The Morgan fingerprint density at radius 3 is 2.26 bits per heavy atom. The number of carbonyl (C=O) groups is 2. The third kappa shape index (κ3) is 2.09. The summed E-state index contributed by atoms with van der Waals surface area (Å²) in [7, 11) is 0. The number of nitrogens with zero attached hydrogens (tertiary/aromatic N) is 2. The zero-order valence-electron chi connectivity index (χ0n) is 12.1. The normalized spacial score (nSPS) is 18.1. The summed E-state index contributed by atoms with van der Waals surface area (Å²) in [6, 6.07) is 3.28. The lowest BCUT2D eigenvalue weighted by molar-refractivity contribution is -0.120. The molecule has 4 rings (SSSR count). The van der Waals surface area contributed by atoms with E-state index >= 15 is 0 Å². The van der Waals surface area contributed by atoms with Crippen LogP contribution in [0.2, 0.25) is 10.0 Å². The van der Waals surface area contributed by atoms with Crippen LogP contribution in [0.3, 0.4) is 0 Å². The molecule has 2 aliphatic rings. The van der Waals surface area contributed by atoms with Crippen LogP contribution in [-0.4, -0.2) is 16.8 Å². The van der Waals surface area contributed by atoms with Gasteiger partial charge in [-0.2, -0.15) is 0 Å². The zero-order valence-corrected chi connectivity index (χ0v) is 13.6. The first-order valence-electron chi connectivity index (χ1n) is 7.42. The van der Waals surface area contributed by atoms with Gasteiger partial charge in [0.15, 0.2) is 0 Å². The molecule has 1 aromatic heterocycles. The zero-order chi connectivity index (χ0) is 16.1. The van der Waals surface area contributed by atoms with Gasteiger partial charge in [-0.05, 0) is 37.8 Å². The number of benzene rings is 1. The number of fused-ring (bicyclic) bond motifs is 1. The first-order valence-corrected chi connectivity index (χ1v) is 8.17. The van der Waals surface area contributed by atoms with E-state index in [0.717, 1.165) is 12.8 Å². The van der Waals surface area contributed by atoms with Crippen molar-refractivity contribution in [2.24, 2.45) is 0 Å². The molecule has 0 fully saturated rings. The summed E-state index contributed by atoms with van der Waals surface area (Å²) in [5, 5.41) is 2.05. The van der Waals surface area contributed by atoms with E-state index in [-0.39, 0.29) is 16.8 Å². The first-order chi connectivity index (χ1) is 11.1. The molecule has 2 aromatic rings. The summed E-state index contributed by atoms with van der Waals surface area (Å²) in [4.78, 5) is 30.8. The minimum Gasteiger partial charge on any atom is -0.269 e. The van der Waals surface area contributed by atoms with Crippen molar-refractivity contribution in [2.45, 2.75) is 25.7 Å². The molecule has 0 atom stereocenters. The van der Waals surface area contributed by atoms with Gasteiger partial charge in [0.25, 0.3) is 11.8 Å². The maximum atomic E-state index is 12.8. The summed E-state index contributed by atoms with van der Waals surface area (Å²) in [5.41, 5.74) is 1.67. The van der Waals surface area contributed by atoms with Crippen LogP contribution >= 0.6 is 23.2 Å². The minimum atomic E-state index is -0.257. The fourth-order valence-electron chi connectivity index (χ4n) is 3.35. The molecule has 0 saturated heterocycles. The third-order valence-electron chi connectivity index (χ3n) is 4.43. The van der Waals surface area contributed by atoms with Gasteiger partial charge in [-0.1, -0.05) is 23.2 Å². The maximum Gasteiger partial charge on any atom is 0.261 e. The average Bonchev–Trinajstić information content (AvgIpc) is 2.81. The van der Waals surface area contributed by atoms with Gasteiger partial charge in [0.1, 0.15) is 0 Å². The van der Waals surface area contributed by atoms with Crippen molar-refractivity contribution >= 4 is 51.5 Å². The van der Waals surface area contributed by atoms with E-state index in [4.69, 9.17) is 23.2 Å². The number of halogens is 2. The Hall–Kier alpha value is -1.91. The number of hydrogen-bond acceptors (Lipinski definition) is 3. The molecule has 2 amide bonds. The summed E-state index contributed by atoms with van der Waals surface area (Å²) >= 11 is 12.6. The van der Waals surface area contributed by atoms with E-state index in [1.165, 1.54) is 4.90 Å². The number of pyridine rings is 1. The van der Waals surface area contributed by atoms with Crippen LogP contribution in [0.1, 0.15) is 25.7 Å². The van der Waals surface area contributed by atoms with Crippen LogP contribution in [0.4, 0.5) is 5.69 Å². The highest BCUT2D eigenvalue weighted by molar-refractivity contribution is 6.44. The number of hydrogen-bond donors (Lipinski definition) is 0. The molecular weight excluding hydrogens is 335 g/mol. The third-order valence-corrected chi connectivity index (χ3v) is 5.03. The molecule has 0 spiro atoms. The smallest absolute Gasteiger partial charge is 0.261 e. The quantitative estimate of drug-likeness (QED) is 0.724. The summed E-state index contributed by atoms with van der Waals surface area (Å²) in [6.07, 6.45) is 6.38.